The highest BCUT2D eigenvalue weighted by Gasteiger charge is 2.40. The van der Waals surface area contributed by atoms with Crippen molar-refractivity contribution >= 4 is 88.3 Å². The Morgan fingerprint density at radius 2 is 1.71 bits per heavy atom. The van der Waals surface area contributed by atoms with Crippen molar-refractivity contribution in [2.75, 3.05) is 81.0 Å². The van der Waals surface area contributed by atoms with E-state index in [4.69, 9.17) is 16.3 Å². The molecule has 1 atom stereocenters. The Morgan fingerprint density at radius 3 is 2.46 bits per heavy atom. The Bertz CT molecular complexity index is 2470. The quantitative estimate of drug-likeness (QED) is 0.0451. The largest absolute Gasteiger partial charge is 0.494 e. The minimum Gasteiger partial charge on any atom is -0.494 e. The molecule has 4 amide bonds. The number of nitrogens with one attached hydrogen (secondary N) is 3. The van der Waals surface area contributed by atoms with Crippen LogP contribution in [-0.2, 0) is 25.5 Å². The second kappa shape index (κ2) is 20.6. The molecule has 0 saturated carbocycles. The molecule has 0 bridgehead atoms. The number of halogens is 1. The first-order valence-corrected chi connectivity index (χ1v) is 26.4. The SMILES string of the molecule is COc1cc(N2CCC(N3CCN(C(=O)CCCCCSc4cccc5c4CN(C4CCC(=O)NC4=O)C5=O)CC3)CC2)ccc1Nc1ncc(Cl)c(Nc2ccccc2P(C)(C)=O)n1. The number of piperazine rings is 1. The molecule has 3 fully saturated rings. The number of anilines is 5. The predicted octanol–water partition coefficient (Wildman–Crippen LogP) is 7.10. The number of aromatic nitrogens is 2. The number of rotatable bonds is 16. The second-order valence-electron chi connectivity index (χ2n) is 17.4. The third-order valence-electron chi connectivity index (χ3n) is 12.8. The topological polar surface area (TPSA) is 169 Å². The van der Waals surface area contributed by atoms with E-state index in [0.717, 1.165) is 93.3 Å². The molecular formula is C47H57ClN9O6PS. The van der Waals surface area contributed by atoms with E-state index in [1.54, 1.807) is 37.1 Å². The van der Waals surface area contributed by atoms with Crippen LogP contribution in [0.1, 0.15) is 67.3 Å². The van der Waals surface area contributed by atoms with E-state index in [2.05, 4.69) is 41.8 Å². The average molecular weight is 943 g/mol. The molecule has 0 radical (unpaired) electrons. The van der Waals surface area contributed by atoms with Crippen molar-refractivity contribution in [3.63, 3.8) is 0 Å². The van der Waals surface area contributed by atoms with Gasteiger partial charge in [0.25, 0.3) is 5.91 Å². The summed E-state index contributed by atoms with van der Waals surface area (Å²) in [4.78, 5) is 69.1. The monoisotopic (exact) mass is 941 g/mol. The zero-order valence-electron chi connectivity index (χ0n) is 37.2. The highest BCUT2D eigenvalue weighted by Crippen LogP contribution is 2.40. The van der Waals surface area contributed by atoms with Crippen molar-refractivity contribution in [3.8, 4) is 5.75 Å². The molecule has 15 nitrogen and oxygen atoms in total. The zero-order valence-corrected chi connectivity index (χ0v) is 39.7. The van der Waals surface area contributed by atoms with Gasteiger partial charge >= 0.3 is 0 Å². The maximum absolute atomic E-state index is 13.2. The molecule has 5 heterocycles. The lowest BCUT2D eigenvalue weighted by Crippen LogP contribution is -2.54. The molecule has 4 aliphatic heterocycles. The summed E-state index contributed by atoms with van der Waals surface area (Å²) in [5, 5.41) is 9.94. The number of methoxy groups -OCH3 is 1. The number of carbonyl (C=O) groups excluding carboxylic acids is 4. The van der Waals surface area contributed by atoms with Gasteiger partial charge in [-0.25, -0.2) is 4.98 Å². The third kappa shape index (κ3) is 10.9. The minimum absolute atomic E-state index is 0.153. The number of benzene rings is 3. The normalized spacial score (nSPS) is 18.4. The van der Waals surface area contributed by atoms with Gasteiger partial charge in [-0.05, 0) is 93.1 Å². The van der Waals surface area contributed by atoms with Crippen LogP contribution >= 0.6 is 30.5 Å². The van der Waals surface area contributed by atoms with E-state index in [0.29, 0.717) is 70.2 Å². The Labute approximate surface area is 389 Å². The molecule has 344 valence electrons. The first-order chi connectivity index (χ1) is 31.4. The van der Waals surface area contributed by atoms with Gasteiger partial charge in [0, 0.05) is 92.2 Å². The number of hydrogen-bond donors (Lipinski definition) is 3. The number of carbonyl (C=O) groups is 4. The summed E-state index contributed by atoms with van der Waals surface area (Å²) in [5.41, 5.74) is 4.06. The summed E-state index contributed by atoms with van der Waals surface area (Å²) < 4.78 is 18.7. The molecule has 0 aliphatic carbocycles. The van der Waals surface area contributed by atoms with Crippen LogP contribution in [0.15, 0.2) is 71.8 Å². The van der Waals surface area contributed by atoms with Gasteiger partial charge < -0.3 is 34.6 Å². The molecule has 4 aromatic rings. The molecule has 8 rings (SSSR count). The van der Waals surface area contributed by atoms with Gasteiger partial charge in [-0.3, -0.25) is 29.4 Å². The number of hydrogen-bond acceptors (Lipinski definition) is 13. The molecule has 1 aromatic heterocycles. The van der Waals surface area contributed by atoms with Gasteiger partial charge in [-0.15, -0.1) is 11.8 Å². The Morgan fingerprint density at radius 1 is 0.923 bits per heavy atom. The van der Waals surface area contributed by atoms with Crippen LogP contribution in [0.5, 0.6) is 5.75 Å². The first kappa shape index (κ1) is 46.4. The number of thioether (sulfide) groups is 1. The molecule has 18 heteroatoms. The number of nitrogens with zero attached hydrogens (tertiary/aromatic N) is 6. The maximum Gasteiger partial charge on any atom is 0.255 e. The Kier molecular flexibility index (Phi) is 14.7. The molecule has 4 aliphatic rings. The van der Waals surface area contributed by atoms with Crippen molar-refractivity contribution in [1.29, 1.82) is 0 Å². The molecule has 0 spiro atoms. The number of imide groups is 1. The van der Waals surface area contributed by atoms with E-state index in [-0.39, 0.29) is 24.1 Å². The van der Waals surface area contributed by atoms with Crippen molar-refractivity contribution in [2.24, 2.45) is 0 Å². The number of ether oxygens (including phenoxy) is 1. The first-order valence-electron chi connectivity index (χ1n) is 22.4. The summed E-state index contributed by atoms with van der Waals surface area (Å²) in [7, 11) is -0.909. The lowest BCUT2D eigenvalue weighted by molar-refractivity contribution is -0.137. The fourth-order valence-electron chi connectivity index (χ4n) is 9.21. The Hall–Kier alpha value is -5.15. The van der Waals surface area contributed by atoms with Gasteiger partial charge in [0.05, 0.1) is 24.7 Å². The standard InChI is InChI=1S/C47H57ClN9O6PS/c1-63-39-28-32(15-16-36(39)51-47-49-29-35(48)44(53-47)50-37-11-6-7-12-40(37)64(2,3)62)54-21-19-31(20-22-54)55-23-25-56(26-24-55)43(59)14-5-4-8-27-65-41-13-9-10-33-34(41)30-57(46(33)61)38-17-18-42(58)52-45(38)60/h6-7,9-13,15-16,28-29,31,38H,4-5,8,14,17-27,30H2,1-3H3,(H,52,58,60)(H2,49,50,51,53). The fraction of sp³-hybridized carbons (Fsp3) is 0.447. The van der Waals surface area contributed by atoms with Gasteiger partial charge in [0.1, 0.15) is 24.0 Å². The lowest BCUT2D eigenvalue weighted by atomic mass is 10.0. The highest BCUT2D eigenvalue weighted by molar-refractivity contribution is 7.99. The van der Waals surface area contributed by atoms with Gasteiger partial charge in [0.15, 0.2) is 5.82 Å². The van der Waals surface area contributed by atoms with Crippen molar-refractivity contribution in [3.05, 3.63) is 83.0 Å². The number of unbranched alkanes of at least 4 members (excludes halogenated alkanes) is 2. The van der Waals surface area contributed by atoms with Gasteiger partial charge in [-0.2, -0.15) is 4.98 Å². The molecule has 3 N–H and O–H groups in total. The number of fused-ring (bicyclic) bond motifs is 1. The molecule has 3 saturated heterocycles. The van der Waals surface area contributed by atoms with Crippen LogP contribution in [0.25, 0.3) is 0 Å². The molecular weight excluding hydrogens is 885 g/mol. The minimum atomic E-state index is -2.55. The summed E-state index contributed by atoms with van der Waals surface area (Å²) in [6, 6.07) is 19.1. The molecule has 1 unspecified atom stereocenters. The fourth-order valence-corrected chi connectivity index (χ4v) is 11.6. The van der Waals surface area contributed by atoms with E-state index in [1.165, 1.54) is 6.20 Å². The molecule has 65 heavy (non-hydrogen) atoms. The van der Waals surface area contributed by atoms with Crippen LogP contribution in [0.2, 0.25) is 5.02 Å². The maximum atomic E-state index is 13.2. The van der Waals surface area contributed by atoms with Crippen LogP contribution in [-0.4, -0.2) is 126 Å². The zero-order chi connectivity index (χ0) is 45.7. The number of para-hydroxylation sites is 1. The number of amides is 4. The lowest BCUT2D eigenvalue weighted by Gasteiger charge is -2.43. The summed E-state index contributed by atoms with van der Waals surface area (Å²) >= 11 is 8.21. The summed E-state index contributed by atoms with van der Waals surface area (Å²) in [6.07, 6.45) is 7.51. The number of piperidine rings is 2. The van der Waals surface area contributed by atoms with Crippen LogP contribution < -0.4 is 30.9 Å². The molecule has 3 aromatic carbocycles. The summed E-state index contributed by atoms with van der Waals surface area (Å²) in [5.74, 6) is 1.67. The van der Waals surface area contributed by atoms with E-state index in [9.17, 15) is 23.7 Å². The second-order valence-corrected chi connectivity index (χ2v) is 22.1. The van der Waals surface area contributed by atoms with E-state index < -0.39 is 19.1 Å². The van der Waals surface area contributed by atoms with E-state index >= 15 is 0 Å². The average Bonchev–Trinajstić information content (AvgIpc) is 3.64. The van der Waals surface area contributed by atoms with Crippen molar-refractivity contribution in [1.82, 2.24) is 30.0 Å². The summed E-state index contributed by atoms with van der Waals surface area (Å²) in [6.45, 7) is 8.98. The third-order valence-corrected chi connectivity index (χ3v) is 15.8. The smallest absolute Gasteiger partial charge is 0.255 e. The van der Waals surface area contributed by atoms with Crippen LogP contribution in [0.4, 0.5) is 28.8 Å². The van der Waals surface area contributed by atoms with Crippen LogP contribution in [0.3, 0.4) is 0 Å². The predicted molar refractivity (Wildman–Crippen MR) is 257 cm³/mol. The highest BCUT2D eigenvalue weighted by atomic mass is 35.5. The van der Waals surface area contributed by atoms with Gasteiger partial charge in [0.2, 0.25) is 23.7 Å². The van der Waals surface area contributed by atoms with Crippen molar-refractivity contribution in [2.45, 2.75) is 74.9 Å². The van der Waals surface area contributed by atoms with E-state index in [1.807, 2.05) is 59.5 Å². The Balaban J connectivity index is 0.745. The van der Waals surface area contributed by atoms with Crippen molar-refractivity contribution < 1.29 is 28.5 Å². The van der Waals surface area contributed by atoms with Crippen LogP contribution in [0, 0.1) is 0 Å². The van der Waals surface area contributed by atoms with Gasteiger partial charge in [-0.1, -0.05) is 36.2 Å².